The van der Waals surface area contributed by atoms with Gasteiger partial charge in [0, 0.05) is 0 Å². The lowest BCUT2D eigenvalue weighted by Gasteiger charge is -2.27. The first kappa shape index (κ1) is 28.5. The zero-order chi connectivity index (χ0) is 21.6. The molecule has 0 aliphatic heterocycles. The van der Waals surface area contributed by atoms with Crippen LogP contribution < -0.4 is 0 Å². The largest absolute Gasteiger partial charge is 0.465 e. The van der Waals surface area contributed by atoms with Gasteiger partial charge in [0.25, 0.3) is 0 Å². The molecule has 174 valence electrons. The molecule has 0 amide bonds. The number of carbonyl (C=O) groups excluding carboxylic acids is 1. The molecule has 0 spiro atoms. The van der Waals surface area contributed by atoms with Crippen molar-refractivity contribution in [3.05, 3.63) is 0 Å². The van der Waals surface area contributed by atoms with Crippen LogP contribution in [0.3, 0.4) is 0 Å². The molecule has 0 saturated heterocycles. The summed E-state index contributed by atoms with van der Waals surface area (Å²) in [6.45, 7) is 9.47. The van der Waals surface area contributed by atoms with Gasteiger partial charge < -0.3 is 4.74 Å². The molecule has 0 aliphatic carbocycles. The molecule has 2 heteroatoms. The molecule has 2 nitrogen and oxygen atoms in total. The molecule has 1 atom stereocenters. The molecule has 0 N–H and O–H groups in total. The van der Waals surface area contributed by atoms with Crippen LogP contribution in [0.4, 0.5) is 0 Å². The second kappa shape index (κ2) is 20.7. The molecular formula is C27H54O2. The summed E-state index contributed by atoms with van der Waals surface area (Å²) in [5, 5.41) is 0. The Hall–Kier alpha value is -0.530. The van der Waals surface area contributed by atoms with Gasteiger partial charge in [0.1, 0.15) is 0 Å². The van der Waals surface area contributed by atoms with Gasteiger partial charge in [0.2, 0.25) is 0 Å². The fourth-order valence-electron chi connectivity index (χ4n) is 4.28. The first-order valence-electron chi connectivity index (χ1n) is 13.3. The first-order chi connectivity index (χ1) is 14.1. The monoisotopic (exact) mass is 410 g/mol. The third-order valence-corrected chi connectivity index (χ3v) is 6.36. The van der Waals surface area contributed by atoms with Crippen LogP contribution in [0.5, 0.6) is 0 Å². The van der Waals surface area contributed by atoms with E-state index in [0.29, 0.717) is 6.61 Å². The molecule has 0 fully saturated rings. The van der Waals surface area contributed by atoms with Gasteiger partial charge >= 0.3 is 5.97 Å². The van der Waals surface area contributed by atoms with E-state index in [1.54, 1.807) is 0 Å². The van der Waals surface area contributed by atoms with Crippen LogP contribution in [0.1, 0.15) is 156 Å². The second-order valence-corrected chi connectivity index (χ2v) is 9.50. The standard InChI is InChI=1S/C27H54O2/c1-5-8-10-12-14-16-18-20-22-25-29-26(28)27(4,23-7-3)24-21-19-17-15-13-11-9-6-2/h5-25H2,1-4H3. The first-order valence-corrected chi connectivity index (χ1v) is 13.3. The molecule has 0 aromatic carbocycles. The Bertz CT molecular complexity index is 352. The number of carbonyl (C=O) groups is 1. The quantitative estimate of drug-likeness (QED) is 0.131. The molecule has 0 saturated carbocycles. The summed E-state index contributed by atoms with van der Waals surface area (Å²) in [7, 11) is 0. The van der Waals surface area contributed by atoms with E-state index >= 15 is 0 Å². The van der Waals surface area contributed by atoms with Crippen LogP contribution in [0.25, 0.3) is 0 Å². The van der Waals surface area contributed by atoms with Crippen molar-refractivity contribution in [3.63, 3.8) is 0 Å². The topological polar surface area (TPSA) is 26.3 Å². The molecule has 29 heavy (non-hydrogen) atoms. The summed E-state index contributed by atoms with van der Waals surface area (Å²) in [4.78, 5) is 12.7. The minimum absolute atomic E-state index is 0.0573. The Kier molecular flexibility index (Phi) is 20.4. The summed E-state index contributed by atoms with van der Waals surface area (Å²) in [6, 6.07) is 0. The van der Waals surface area contributed by atoms with Gasteiger partial charge in [-0.25, -0.2) is 0 Å². The number of ether oxygens (including phenoxy) is 1. The highest BCUT2D eigenvalue weighted by atomic mass is 16.5. The zero-order valence-corrected chi connectivity index (χ0v) is 20.7. The Labute approximate surface area is 184 Å². The smallest absolute Gasteiger partial charge is 0.311 e. The lowest BCUT2D eigenvalue weighted by Crippen LogP contribution is -2.30. The molecule has 0 radical (unpaired) electrons. The van der Waals surface area contributed by atoms with E-state index in [9.17, 15) is 4.79 Å². The SMILES string of the molecule is CCCCCCCCCCCOC(=O)C(C)(CCC)CCCCCCCCCC. The van der Waals surface area contributed by atoms with Crippen molar-refractivity contribution in [2.45, 2.75) is 156 Å². The Morgan fingerprint density at radius 1 is 0.552 bits per heavy atom. The number of rotatable bonds is 22. The summed E-state index contributed by atoms with van der Waals surface area (Å²) < 4.78 is 5.70. The second-order valence-electron chi connectivity index (χ2n) is 9.50. The predicted octanol–water partition coefficient (Wildman–Crippen LogP) is 9.40. The van der Waals surface area contributed by atoms with Crippen molar-refractivity contribution >= 4 is 5.97 Å². The van der Waals surface area contributed by atoms with Gasteiger partial charge in [-0.05, 0) is 26.2 Å². The summed E-state index contributed by atoms with van der Waals surface area (Å²) in [5.41, 5.74) is -0.268. The third-order valence-electron chi connectivity index (χ3n) is 6.36. The maximum Gasteiger partial charge on any atom is 0.311 e. The summed E-state index contributed by atoms with van der Waals surface area (Å²) in [6.07, 6.45) is 25.3. The fourth-order valence-corrected chi connectivity index (χ4v) is 4.28. The fraction of sp³-hybridized carbons (Fsp3) is 0.963. The van der Waals surface area contributed by atoms with Crippen LogP contribution in [-0.4, -0.2) is 12.6 Å². The van der Waals surface area contributed by atoms with Crippen molar-refractivity contribution < 1.29 is 9.53 Å². The van der Waals surface area contributed by atoms with E-state index in [0.717, 1.165) is 32.1 Å². The lowest BCUT2D eigenvalue weighted by atomic mass is 9.80. The molecular weight excluding hydrogens is 356 g/mol. The highest BCUT2D eigenvalue weighted by Gasteiger charge is 2.33. The Morgan fingerprint density at radius 2 is 0.966 bits per heavy atom. The van der Waals surface area contributed by atoms with Crippen LogP contribution in [-0.2, 0) is 9.53 Å². The van der Waals surface area contributed by atoms with Crippen LogP contribution in [0.15, 0.2) is 0 Å². The van der Waals surface area contributed by atoms with Crippen molar-refractivity contribution in [3.8, 4) is 0 Å². The van der Waals surface area contributed by atoms with Gasteiger partial charge in [0.15, 0.2) is 0 Å². The average molecular weight is 411 g/mol. The van der Waals surface area contributed by atoms with E-state index in [-0.39, 0.29) is 11.4 Å². The van der Waals surface area contributed by atoms with Crippen LogP contribution in [0.2, 0.25) is 0 Å². The highest BCUT2D eigenvalue weighted by Crippen LogP contribution is 2.32. The lowest BCUT2D eigenvalue weighted by molar-refractivity contribution is -0.156. The van der Waals surface area contributed by atoms with Gasteiger partial charge in [-0.15, -0.1) is 0 Å². The van der Waals surface area contributed by atoms with E-state index in [2.05, 4.69) is 27.7 Å². The van der Waals surface area contributed by atoms with Gasteiger partial charge in [-0.2, -0.15) is 0 Å². The van der Waals surface area contributed by atoms with Gasteiger partial charge in [0.05, 0.1) is 12.0 Å². The average Bonchev–Trinajstić information content (AvgIpc) is 2.71. The molecule has 0 aromatic heterocycles. The van der Waals surface area contributed by atoms with Crippen molar-refractivity contribution in [2.75, 3.05) is 6.61 Å². The number of esters is 1. The molecule has 0 heterocycles. The molecule has 0 rings (SSSR count). The summed E-state index contributed by atoms with van der Waals surface area (Å²) >= 11 is 0. The third kappa shape index (κ3) is 16.9. The maximum atomic E-state index is 12.7. The van der Waals surface area contributed by atoms with E-state index in [1.807, 2.05) is 0 Å². The minimum Gasteiger partial charge on any atom is -0.465 e. The number of hydrogen-bond acceptors (Lipinski definition) is 2. The minimum atomic E-state index is -0.268. The molecule has 0 aliphatic rings. The van der Waals surface area contributed by atoms with Crippen molar-refractivity contribution in [1.82, 2.24) is 0 Å². The molecule has 0 aromatic rings. The van der Waals surface area contributed by atoms with Gasteiger partial charge in [-0.3, -0.25) is 4.79 Å². The van der Waals surface area contributed by atoms with Crippen LogP contribution in [0, 0.1) is 5.41 Å². The highest BCUT2D eigenvalue weighted by molar-refractivity contribution is 5.76. The van der Waals surface area contributed by atoms with E-state index in [1.165, 1.54) is 96.3 Å². The Morgan fingerprint density at radius 3 is 1.41 bits per heavy atom. The normalized spacial score (nSPS) is 13.4. The van der Waals surface area contributed by atoms with E-state index < -0.39 is 0 Å². The van der Waals surface area contributed by atoms with Crippen molar-refractivity contribution in [1.29, 1.82) is 0 Å². The summed E-state index contributed by atoms with van der Waals surface area (Å²) in [5.74, 6) is 0.0573. The van der Waals surface area contributed by atoms with Crippen LogP contribution >= 0.6 is 0 Å². The van der Waals surface area contributed by atoms with E-state index in [4.69, 9.17) is 4.74 Å². The maximum absolute atomic E-state index is 12.7. The van der Waals surface area contributed by atoms with Gasteiger partial charge in [-0.1, -0.05) is 130 Å². The molecule has 0 bridgehead atoms. The predicted molar refractivity (Wildman–Crippen MR) is 128 cm³/mol. The molecule has 1 unspecified atom stereocenters. The van der Waals surface area contributed by atoms with Crippen molar-refractivity contribution in [2.24, 2.45) is 5.41 Å². The number of unbranched alkanes of at least 4 members (excludes halogenated alkanes) is 15. The zero-order valence-electron chi connectivity index (χ0n) is 20.7. The Balaban J connectivity index is 3.83. The number of hydrogen-bond donors (Lipinski definition) is 0.